The Morgan fingerprint density at radius 3 is 2.85 bits per heavy atom. The molecule has 0 aromatic carbocycles. The van der Waals surface area contributed by atoms with Crippen molar-refractivity contribution in [3.8, 4) is 5.88 Å². The quantitative estimate of drug-likeness (QED) is 0.567. The number of aromatic nitrogens is 3. The average molecular weight is 372 g/mol. The molecule has 0 radical (unpaired) electrons. The Kier molecular flexibility index (Phi) is 4.94. The molecule has 0 saturated heterocycles. The maximum atomic E-state index is 12.3. The first-order valence-electron chi connectivity index (χ1n) is 7.52. The van der Waals surface area contributed by atoms with Crippen LogP contribution in [0.15, 0.2) is 23.1 Å². The molecule has 10 heteroatoms. The highest BCUT2D eigenvalue weighted by Gasteiger charge is 2.18. The summed E-state index contributed by atoms with van der Waals surface area (Å²) in [7, 11) is 3.24. The SMILES string of the molecule is CN/C=C(\C=N)c1cnc(OC)c2nc(NC(=O)c3coc(C)n3)sc12. The van der Waals surface area contributed by atoms with Gasteiger partial charge in [0.1, 0.15) is 11.8 Å². The second-order valence-corrected chi connectivity index (χ2v) is 6.12. The van der Waals surface area contributed by atoms with Crippen LogP contribution in [-0.2, 0) is 0 Å². The summed E-state index contributed by atoms with van der Waals surface area (Å²) in [5, 5.41) is 13.6. The number of hydrogen-bond donors (Lipinski definition) is 3. The van der Waals surface area contributed by atoms with Gasteiger partial charge in [-0.15, -0.1) is 0 Å². The van der Waals surface area contributed by atoms with Gasteiger partial charge < -0.3 is 19.9 Å². The Hall–Kier alpha value is -3.27. The number of fused-ring (bicyclic) bond motifs is 1. The molecule has 3 heterocycles. The van der Waals surface area contributed by atoms with Gasteiger partial charge >= 0.3 is 0 Å². The number of nitrogens with zero attached hydrogens (tertiary/aromatic N) is 3. The highest BCUT2D eigenvalue weighted by molar-refractivity contribution is 7.22. The molecule has 26 heavy (non-hydrogen) atoms. The first kappa shape index (κ1) is 17.5. The number of allylic oxidation sites excluding steroid dienone is 1. The number of carbonyl (C=O) groups excluding carboxylic acids is 1. The summed E-state index contributed by atoms with van der Waals surface area (Å²) >= 11 is 1.26. The van der Waals surface area contributed by atoms with Crippen LogP contribution in [0.25, 0.3) is 15.8 Å². The van der Waals surface area contributed by atoms with E-state index in [1.165, 1.54) is 30.9 Å². The van der Waals surface area contributed by atoms with Crippen molar-refractivity contribution >= 4 is 44.4 Å². The number of aryl methyl sites for hydroxylation is 1. The molecule has 3 aromatic heterocycles. The van der Waals surface area contributed by atoms with E-state index in [0.29, 0.717) is 33.6 Å². The number of thiazole rings is 1. The Labute approximate surface area is 152 Å². The van der Waals surface area contributed by atoms with Crippen molar-refractivity contribution in [2.24, 2.45) is 0 Å². The first-order valence-corrected chi connectivity index (χ1v) is 8.34. The zero-order valence-corrected chi connectivity index (χ0v) is 15.1. The second kappa shape index (κ2) is 7.31. The minimum atomic E-state index is -0.424. The molecular formula is C16H16N6O3S. The molecule has 0 spiro atoms. The van der Waals surface area contributed by atoms with E-state index in [0.717, 1.165) is 4.70 Å². The number of pyridine rings is 1. The molecule has 3 aromatic rings. The fraction of sp³-hybridized carbons (Fsp3) is 0.188. The lowest BCUT2D eigenvalue weighted by atomic mass is 10.1. The number of amides is 1. The van der Waals surface area contributed by atoms with Gasteiger partial charge in [-0.25, -0.2) is 15.0 Å². The van der Waals surface area contributed by atoms with E-state index in [2.05, 4.69) is 25.6 Å². The van der Waals surface area contributed by atoms with Crippen LogP contribution in [0.1, 0.15) is 21.9 Å². The molecule has 134 valence electrons. The van der Waals surface area contributed by atoms with E-state index in [9.17, 15) is 4.79 Å². The monoisotopic (exact) mass is 372 g/mol. The number of ether oxygens (including phenoxy) is 1. The predicted molar refractivity (Wildman–Crippen MR) is 99.0 cm³/mol. The molecule has 0 bridgehead atoms. The van der Waals surface area contributed by atoms with E-state index < -0.39 is 5.91 Å². The number of methoxy groups -OCH3 is 1. The maximum absolute atomic E-state index is 12.3. The van der Waals surface area contributed by atoms with Crippen LogP contribution in [0, 0.1) is 12.3 Å². The maximum Gasteiger partial charge on any atom is 0.279 e. The summed E-state index contributed by atoms with van der Waals surface area (Å²) in [6, 6.07) is 0. The summed E-state index contributed by atoms with van der Waals surface area (Å²) < 4.78 is 11.1. The van der Waals surface area contributed by atoms with Gasteiger partial charge in [-0.05, 0) is 0 Å². The van der Waals surface area contributed by atoms with Crippen LogP contribution in [0.4, 0.5) is 5.13 Å². The van der Waals surface area contributed by atoms with E-state index in [1.54, 1.807) is 26.4 Å². The van der Waals surface area contributed by atoms with Crippen molar-refractivity contribution in [3.05, 3.63) is 35.8 Å². The van der Waals surface area contributed by atoms with E-state index >= 15 is 0 Å². The molecule has 0 fully saturated rings. The average Bonchev–Trinajstić information content (AvgIpc) is 3.25. The van der Waals surface area contributed by atoms with Crippen LogP contribution in [-0.4, -0.2) is 41.2 Å². The minimum Gasteiger partial charge on any atom is -0.479 e. The number of hydrogen-bond acceptors (Lipinski definition) is 9. The molecule has 1 amide bonds. The minimum absolute atomic E-state index is 0.169. The number of anilines is 1. The highest BCUT2D eigenvalue weighted by Crippen LogP contribution is 2.36. The van der Waals surface area contributed by atoms with Gasteiger partial charge in [-0.1, -0.05) is 11.3 Å². The highest BCUT2D eigenvalue weighted by atomic mass is 32.1. The van der Waals surface area contributed by atoms with Crippen LogP contribution < -0.4 is 15.4 Å². The van der Waals surface area contributed by atoms with Crippen molar-refractivity contribution in [2.75, 3.05) is 19.5 Å². The van der Waals surface area contributed by atoms with Crippen molar-refractivity contribution in [1.82, 2.24) is 20.3 Å². The van der Waals surface area contributed by atoms with Crippen LogP contribution in [0.3, 0.4) is 0 Å². The summed E-state index contributed by atoms with van der Waals surface area (Å²) in [5.41, 5.74) is 2.01. The van der Waals surface area contributed by atoms with Crippen LogP contribution in [0.5, 0.6) is 5.88 Å². The molecule has 0 aliphatic carbocycles. The van der Waals surface area contributed by atoms with E-state index in [-0.39, 0.29) is 5.69 Å². The van der Waals surface area contributed by atoms with Crippen LogP contribution >= 0.6 is 11.3 Å². The van der Waals surface area contributed by atoms with Gasteiger partial charge in [-0.3, -0.25) is 10.1 Å². The standard InChI is InChI=1S/C16H16N6O3S/c1-8-20-11(7-25-8)14(23)22-16-21-12-13(26-16)10(6-19-15(12)24-3)9(4-17)5-18-2/h4-7,17-18H,1-3H3,(H,21,22,23)/b9-5+,17-4?. The molecule has 0 unspecified atom stereocenters. The Morgan fingerprint density at radius 1 is 1.42 bits per heavy atom. The topological polar surface area (TPSA) is 126 Å². The van der Waals surface area contributed by atoms with Gasteiger partial charge in [0.05, 0.1) is 11.8 Å². The lowest BCUT2D eigenvalue weighted by Crippen LogP contribution is -2.12. The molecule has 9 nitrogen and oxygen atoms in total. The Bertz CT molecular complexity index is 1010. The zero-order chi connectivity index (χ0) is 18.7. The Morgan fingerprint density at radius 2 is 2.23 bits per heavy atom. The second-order valence-electron chi connectivity index (χ2n) is 5.12. The van der Waals surface area contributed by atoms with Crippen molar-refractivity contribution < 1.29 is 13.9 Å². The third-order valence-electron chi connectivity index (χ3n) is 3.42. The summed E-state index contributed by atoms with van der Waals surface area (Å²) in [6.45, 7) is 1.66. The molecular weight excluding hydrogens is 356 g/mol. The van der Waals surface area contributed by atoms with Gasteiger partial charge in [0.25, 0.3) is 5.91 Å². The van der Waals surface area contributed by atoms with Crippen molar-refractivity contribution in [1.29, 1.82) is 5.41 Å². The van der Waals surface area contributed by atoms with E-state index in [4.69, 9.17) is 14.6 Å². The third-order valence-corrected chi connectivity index (χ3v) is 4.42. The largest absolute Gasteiger partial charge is 0.479 e. The van der Waals surface area contributed by atoms with Crippen LogP contribution in [0.2, 0.25) is 0 Å². The van der Waals surface area contributed by atoms with E-state index in [1.807, 2.05) is 0 Å². The predicted octanol–water partition coefficient (Wildman–Crippen LogP) is 2.46. The van der Waals surface area contributed by atoms with Gasteiger partial charge in [-0.2, -0.15) is 0 Å². The van der Waals surface area contributed by atoms with Gasteiger partial charge in [0.15, 0.2) is 16.7 Å². The number of oxazole rings is 1. The molecule has 0 aliphatic heterocycles. The fourth-order valence-corrected chi connectivity index (χ4v) is 3.26. The third kappa shape index (κ3) is 3.26. The number of rotatable bonds is 6. The summed E-state index contributed by atoms with van der Waals surface area (Å²) in [5.74, 6) is 0.319. The summed E-state index contributed by atoms with van der Waals surface area (Å²) in [6.07, 6.45) is 5.80. The molecule has 0 saturated carbocycles. The summed E-state index contributed by atoms with van der Waals surface area (Å²) in [4.78, 5) is 24.9. The normalized spacial score (nSPS) is 11.4. The lowest BCUT2D eigenvalue weighted by molar-refractivity contribution is 0.102. The first-order chi connectivity index (χ1) is 12.6. The zero-order valence-electron chi connectivity index (χ0n) is 14.3. The molecule has 0 atom stereocenters. The lowest BCUT2D eigenvalue weighted by Gasteiger charge is -2.05. The molecule has 0 aliphatic rings. The van der Waals surface area contributed by atoms with Crippen molar-refractivity contribution in [3.63, 3.8) is 0 Å². The molecule has 3 N–H and O–H groups in total. The Balaban J connectivity index is 2.04. The number of carbonyl (C=O) groups is 1. The number of nitrogens with one attached hydrogen (secondary N) is 3. The van der Waals surface area contributed by atoms with Gasteiger partial charge in [0, 0.05) is 43.7 Å². The smallest absolute Gasteiger partial charge is 0.279 e. The van der Waals surface area contributed by atoms with Gasteiger partial charge in [0.2, 0.25) is 5.88 Å². The fourth-order valence-electron chi connectivity index (χ4n) is 2.28. The molecule has 3 rings (SSSR count). The van der Waals surface area contributed by atoms with Crippen molar-refractivity contribution in [2.45, 2.75) is 6.92 Å².